The molecule has 0 aliphatic carbocycles. The molecule has 0 aromatic heterocycles. The van der Waals surface area contributed by atoms with Crippen LogP contribution in [0, 0.1) is 0 Å². The summed E-state index contributed by atoms with van der Waals surface area (Å²) in [5, 5.41) is 54.3. The smallest absolute Gasteiger partial charge is 0.305 e. The fourth-order valence-electron chi connectivity index (χ4n) is 11.3. The highest BCUT2D eigenvalue weighted by Crippen LogP contribution is 2.23. The number of unbranched alkanes of at least 4 members (excludes halogenated alkanes) is 42. The molecule has 1 fully saturated rings. The van der Waals surface area contributed by atoms with E-state index in [1.807, 2.05) is 6.08 Å². The first-order valence-electron chi connectivity index (χ1n) is 36.6. The molecule has 1 amide bonds. The summed E-state index contributed by atoms with van der Waals surface area (Å²) in [6.45, 7) is 4.29. The number of aliphatic hydroxyl groups is 5. The molecule has 0 bridgehead atoms. The van der Waals surface area contributed by atoms with Crippen LogP contribution in [0.15, 0.2) is 60.8 Å². The van der Waals surface area contributed by atoms with E-state index < -0.39 is 49.5 Å². The second kappa shape index (κ2) is 63.9. The Morgan fingerprint density at radius 3 is 1.21 bits per heavy atom. The zero-order chi connectivity index (χ0) is 62.3. The number of nitrogens with one attached hydrogen (secondary N) is 1. The van der Waals surface area contributed by atoms with E-state index in [1.54, 1.807) is 6.08 Å². The molecule has 0 spiro atoms. The van der Waals surface area contributed by atoms with Crippen molar-refractivity contribution in [2.75, 3.05) is 19.8 Å². The van der Waals surface area contributed by atoms with Gasteiger partial charge in [0.2, 0.25) is 5.91 Å². The molecule has 1 aliphatic rings. The van der Waals surface area contributed by atoms with E-state index in [-0.39, 0.29) is 18.5 Å². The highest BCUT2D eigenvalue weighted by molar-refractivity contribution is 5.76. The molecular weight excluding hydrogens is 1070 g/mol. The van der Waals surface area contributed by atoms with Gasteiger partial charge in [-0.3, -0.25) is 9.59 Å². The van der Waals surface area contributed by atoms with Crippen molar-refractivity contribution in [2.24, 2.45) is 0 Å². The lowest BCUT2D eigenvalue weighted by atomic mass is 9.99. The van der Waals surface area contributed by atoms with E-state index in [4.69, 9.17) is 14.2 Å². The van der Waals surface area contributed by atoms with Crippen molar-refractivity contribution in [3.05, 3.63) is 60.8 Å². The quantitative estimate of drug-likeness (QED) is 0.0195. The molecule has 0 aromatic carbocycles. The summed E-state index contributed by atoms with van der Waals surface area (Å²) < 4.78 is 16.7. The molecule has 7 atom stereocenters. The minimum atomic E-state index is -1.57. The van der Waals surface area contributed by atoms with Gasteiger partial charge >= 0.3 is 5.97 Å². The van der Waals surface area contributed by atoms with Gasteiger partial charge in [0.25, 0.3) is 0 Å². The predicted octanol–water partition coefficient (Wildman–Crippen LogP) is 18.9. The van der Waals surface area contributed by atoms with Crippen LogP contribution in [0.2, 0.25) is 0 Å². The minimum Gasteiger partial charge on any atom is -0.466 e. The predicted molar refractivity (Wildman–Crippen MR) is 361 cm³/mol. The Kier molecular flexibility index (Phi) is 60.5. The monoisotopic (exact) mass is 1210 g/mol. The van der Waals surface area contributed by atoms with Gasteiger partial charge in [-0.05, 0) is 89.9 Å². The van der Waals surface area contributed by atoms with Crippen molar-refractivity contribution in [2.45, 2.75) is 384 Å². The largest absolute Gasteiger partial charge is 0.466 e. The SMILES string of the molecule is CCCC/C=C\C/C=C\CCCCCCCC(=O)OCCCCCCCCCCCCC/C=C\C/C=C\CCCCCCCCCCCCCCCCCCCC(=O)NC(COC1OC(CO)C(O)C(O)C1O)C(O)/C=C/CCCCCCCCC. The fourth-order valence-corrected chi connectivity index (χ4v) is 11.3. The van der Waals surface area contributed by atoms with Crippen LogP contribution >= 0.6 is 0 Å². The Balaban J connectivity index is 1.90. The number of ether oxygens (including phenoxy) is 3. The zero-order valence-electron chi connectivity index (χ0n) is 55.8. The van der Waals surface area contributed by atoms with Gasteiger partial charge in [0, 0.05) is 12.8 Å². The summed E-state index contributed by atoms with van der Waals surface area (Å²) >= 11 is 0. The topological polar surface area (TPSA) is 175 Å². The molecule has 1 heterocycles. The number of hydrogen-bond donors (Lipinski definition) is 6. The number of amides is 1. The standard InChI is InChI=1S/C75H137NO10/c1-3-5-7-9-11-13-14-15-40-43-47-51-55-59-63-71(80)84-64-60-56-52-48-44-41-38-36-34-32-30-28-26-24-22-20-18-16-17-19-21-23-25-27-29-31-33-35-37-39-42-46-50-54-58-62-70(79)76-67(68(78)61-57-53-49-45-12-10-8-6-4-2)66-85-75-74(83)73(82)72(81)69(65-77)86-75/h9,11,14-15,18,20,24,26,57,61,67-69,72-75,77-78,81-83H,3-8,10,12-13,16-17,19,21-23,25,27-56,58-60,62-66H2,1-2H3,(H,76,79)/b11-9-,15-14-,20-18-,26-24-,61-57+. The van der Waals surface area contributed by atoms with Crippen molar-refractivity contribution in [1.82, 2.24) is 5.32 Å². The fraction of sp³-hybridized carbons (Fsp3) is 0.840. The van der Waals surface area contributed by atoms with E-state index >= 15 is 0 Å². The van der Waals surface area contributed by atoms with Gasteiger partial charge in [-0.15, -0.1) is 0 Å². The van der Waals surface area contributed by atoms with Crippen LogP contribution in [0.5, 0.6) is 0 Å². The van der Waals surface area contributed by atoms with Gasteiger partial charge in [0.15, 0.2) is 6.29 Å². The average molecular weight is 1210 g/mol. The van der Waals surface area contributed by atoms with Crippen molar-refractivity contribution in [1.29, 1.82) is 0 Å². The molecule has 11 nitrogen and oxygen atoms in total. The maximum absolute atomic E-state index is 13.0. The maximum Gasteiger partial charge on any atom is 0.305 e. The van der Waals surface area contributed by atoms with Gasteiger partial charge in [0.1, 0.15) is 24.4 Å². The van der Waals surface area contributed by atoms with Crippen molar-refractivity contribution in [3.8, 4) is 0 Å². The summed E-state index contributed by atoms with van der Waals surface area (Å²) in [6.07, 6.45) is 75.3. The third-order valence-corrected chi connectivity index (χ3v) is 17.1. The van der Waals surface area contributed by atoms with Gasteiger partial charge in [-0.2, -0.15) is 0 Å². The molecule has 7 unspecified atom stereocenters. The molecule has 86 heavy (non-hydrogen) atoms. The molecule has 6 N–H and O–H groups in total. The first-order valence-corrected chi connectivity index (χ1v) is 36.6. The molecule has 11 heteroatoms. The number of hydrogen-bond acceptors (Lipinski definition) is 10. The summed E-state index contributed by atoms with van der Waals surface area (Å²) in [6, 6.07) is -0.807. The van der Waals surface area contributed by atoms with Crippen molar-refractivity contribution >= 4 is 11.9 Å². The Labute approximate surface area is 528 Å². The maximum atomic E-state index is 13.0. The van der Waals surface area contributed by atoms with Crippen molar-refractivity contribution in [3.63, 3.8) is 0 Å². The van der Waals surface area contributed by atoms with Crippen molar-refractivity contribution < 1.29 is 49.3 Å². The lowest BCUT2D eigenvalue weighted by Crippen LogP contribution is -2.60. The van der Waals surface area contributed by atoms with Crippen LogP contribution < -0.4 is 5.32 Å². The summed E-state index contributed by atoms with van der Waals surface area (Å²) in [7, 11) is 0. The lowest BCUT2D eigenvalue weighted by Gasteiger charge is -2.40. The average Bonchev–Trinajstić information content (AvgIpc) is 3.57. The molecular formula is C75H137NO10. The van der Waals surface area contributed by atoms with Crippen LogP contribution in [0.25, 0.3) is 0 Å². The Morgan fingerprint density at radius 2 is 0.791 bits per heavy atom. The summed E-state index contributed by atoms with van der Waals surface area (Å²) in [4.78, 5) is 25.1. The van der Waals surface area contributed by atoms with Crippen LogP contribution in [-0.4, -0.2) is 100 Å². The Morgan fingerprint density at radius 1 is 0.430 bits per heavy atom. The number of carbonyl (C=O) groups is 2. The first kappa shape index (κ1) is 81.4. The summed E-state index contributed by atoms with van der Waals surface area (Å²) in [5.74, 6) is -0.186. The number of allylic oxidation sites excluding steroid dienone is 9. The highest BCUT2D eigenvalue weighted by atomic mass is 16.7. The minimum absolute atomic E-state index is 0.00486. The third-order valence-electron chi connectivity index (χ3n) is 17.1. The molecule has 0 aromatic rings. The molecule has 1 saturated heterocycles. The third kappa shape index (κ3) is 52.2. The molecule has 0 saturated carbocycles. The second-order valence-electron chi connectivity index (χ2n) is 25.3. The highest BCUT2D eigenvalue weighted by Gasteiger charge is 2.44. The second-order valence-corrected chi connectivity index (χ2v) is 25.3. The van der Waals surface area contributed by atoms with Crippen LogP contribution in [0.3, 0.4) is 0 Å². The van der Waals surface area contributed by atoms with Gasteiger partial charge < -0.3 is 45.1 Å². The van der Waals surface area contributed by atoms with Gasteiger partial charge in [-0.25, -0.2) is 0 Å². The van der Waals surface area contributed by atoms with E-state index in [2.05, 4.69) is 67.8 Å². The molecule has 0 radical (unpaired) electrons. The number of aliphatic hydroxyl groups excluding tert-OH is 5. The van der Waals surface area contributed by atoms with Crippen LogP contribution in [-0.2, 0) is 23.8 Å². The summed E-state index contributed by atoms with van der Waals surface area (Å²) in [5.41, 5.74) is 0. The lowest BCUT2D eigenvalue weighted by molar-refractivity contribution is -0.302. The number of carbonyl (C=O) groups excluding carboxylic acids is 2. The molecule has 502 valence electrons. The molecule has 1 rings (SSSR count). The van der Waals surface area contributed by atoms with E-state index in [0.717, 1.165) is 70.6 Å². The van der Waals surface area contributed by atoms with Gasteiger partial charge in [-0.1, -0.05) is 299 Å². The van der Waals surface area contributed by atoms with Crippen LogP contribution in [0.1, 0.15) is 341 Å². The first-order chi connectivity index (χ1) is 42.2. The van der Waals surface area contributed by atoms with E-state index in [9.17, 15) is 35.1 Å². The number of rotatable bonds is 64. The normalized spacial score (nSPS) is 18.2. The molecule has 1 aliphatic heterocycles. The number of esters is 1. The Hall–Kier alpha value is -2.64. The van der Waals surface area contributed by atoms with Crippen LogP contribution in [0.4, 0.5) is 0 Å². The van der Waals surface area contributed by atoms with E-state index in [1.165, 1.54) is 244 Å². The van der Waals surface area contributed by atoms with Gasteiger partial charge in [0.05, 0.1) is 32.0 Å². The Bertz CT molecular complexity index is 1610. The van der Waals surface area contributed by atoms with E-state index in [0.29, 0.717) is 19.4 Å². The zero-order valence-corrected chi connectivity index (χ0v) is 55.8.